The lowest BCUT2D eigenvalue weighted by molar-refractivity contribution is -0.154. The second kappa shape index (κ2) is 30.0. The van der Waals surface area contributed by atoms with E-state index in [1.165, 1.54) is 19.1 Å². The van der Waals surface area contributed by atoms with Gasteiger partial charge in [-0.1, -0.05) is 30.3 Å². The summed E-state index contributed by atoms with van der Waals surface area (Å²) in [4.78, 5) is 73.7. The van der Waals surface area contributed by atoms with Crippen LogP contribution in [0.2, 0.25) is 0 Å². The molecule has 3 atom stereocenters. The Labute approximate surface area is 551 Å². The maximum absolute atomic E-state index is 14.9. The van der Waals surface area contributed by atoms with Gasteiger partial charge in [-0.05, 0) is 126 Å². The topological polar surface area (TPSA) is 319 Å². The number of carbonyl (C=O) groups is 5. The van der Waals surface area contributed by atoms with Crippen LogP contribution in [0.3, 0.4) is 0 Å². The van der Waals surface area contributed by atoms with Gasteiger partial charge >= 0.3 is 11.9 Å². The third-order valence-corrected chi connectivity index (χ3v) is 16.9. The molecular formula is C71H68F2N12O11. The summed E-state index contributed by atoms with van der Waals surface area (Å²) in [5, 5.41) is 43.3. The largest absolute Gasteiger partial charge is 0.489 e. The van der Waals surface area contributed by atoms with Crippen molar-refractivity contribution >= 4 is 46.8 Å². The highest BCUT2D eigenvalue weighted by Crippen LogP contribution is 2.42. The molecule has 6 aliphatic rings. The maximum Gasteiger partial charge on any atom is 0.303 e. The number of benzene rings is 4. The van der Waals surface area contributed by atoms with Crippen molar-refractivity contribution in [3.05, 3.63) is 157 Å². The van der Waals surface area contributed by atoms with Gasteiger partial charge in [0.15, 0.2) is 11.7 Å². The van der Waals surface area contributed by atoms with E-state index < -0.39 is 36.0 Å². The number of allylic oxidation sites excluding steroid dienone is 1. The normalized spacial score (nSPS) is 19.0. The summed E-state index contributed by atoms with van der Waals surface area (Å²) in [7, 11) is 0. The van der Waals surface area contributed by atoms with Gasteiger partial charge in [0.2, 0.25) is 17.6 Å². The third kappa shape index (κ3) is 16.9. The molecular weight excluding hydrogens is 1230 g/mol. The molecule has 0 unspecified atom stereocenters. The molecule has 0 bridgehead atoms. The Kier molecular flexibility index (Phi) is 20.8. The van der Waals surface area contributed by atoms with Crippen LogP contribution in [0.1, 0.15) is 98.4 Å². The number of aromatic amines is 1. The fourth-order valence-corrected chi connectivity index (χ4v) is 11.2. The van der Waals surface area contributed by atoms with Crippen molar-refractivity contribution in [2.45, 2.75) is 101 Å². The Morgan fingerprint density at radius 1 is 0.656 bits per heavy atom. The molecule has 3 saturated carbocycles. The van der Waals surface area contributed by atoms with E-state index in [-0.39, 0.29) is 77.8 Å². The van der Waals surface area contributed by atoms with Crippen LogP contribution in [-0.4, -0.2) is 129 Å². The van der Waals surface area contributed by atoms with Gasteiger partial charge in [-0.3, -0.25) is 34.1 Å². The summed E-state index contributed by atoms with van der Waals surface area (Å²) in [5.74, 6) is -3.01. The Balaban J connectivity index is 0.000000147. The van der Waals surface area contributed by atoms with Crippen LogP contribution in [0, 0.1) is 51.7 Å². The van der Waals surface area contributed by atoms with Gasteiger partial charge in [0.25, 0.3) is 11.8 Å². The summed E-state index contributed by atoms with van der Waals surface area (Å²) < 4.78 is 63.3. The number of anilines is 3. The highest BCUT2D eigenvalue weighted by atomic mass is 19.3. The SMILES string of the molecule is C=C[C@@H]1C[C@H]1C(=O)Nc1cc(-c2ccc(OC3CCOCC3)c(C#N)c2)ccn1.CC(=O)OC1(C(=O)Nc2cccc(-c3ccc(OC4CCOCC4)c(C#N)c3)c2)CC1.N#Cc1cc(-c2cc(NC(=O)C3CC3)ccn2)ccc1O[C@H]1CCN(C(=O)c2ncn[nH]2)CC1(F)F. The van der Waals surface area contributed by atoms with Crippen molar-refractivity contribution in [2.75, 3.05) is 55.5 Å². The number of nitriles is 3. The number of carbonyl (C=O) groups excluding carboxylic acids is 5. The van der Waals surface area contributed by atoms with E-state index in [0.717, 1.165) is 78.4 Å². The van der Waals surface area contributed by atoms with Gasteiger partial charge in [0.05, 0.1) is 55.4 Å². The summed E-state index contributed by atoms with van der Waals surface area (Å²) >= 11 is 0. The minimum atomic E-state index is -3.35. The fourth-order valence-electron chi connectivity index (χ4n) is 11.2. The molecule has 4 N–H and O–H groups in total. The van der Waals surface area contributed by atoms with Gasteiger partial charge < -0.3 is 49.3 Å². The number of nitrogens with zero attached hydrogens (tertiary/aromatic N) is 8. The van der Waals surface area contributed by atoms with Crippen molar-refractivity contribution in [3.63, 3.8) is 0 Å². The van der Waals surface area contributed by atoms with Gasteiger partial charge in [-0.25, -0.2) is 18.7 Å². The summed E-state index contributed by atoms with van der Waals surface area (Å²) in [6.07, 6.45) is 11.6. The first kappa shape index (κ1) is 66.5. The summed E-state index contributed by atoms with van der Waals surface area (Å²) in [6.45, 7) is 6.93. The highest BCUT2D eigenvalue weighted by Gasteiger charge is 2.54. The number of aromatic nitrogens is 5. The van der Waals surface area contributed by atoms with Crippen molar-refractivity contribution < 1.29 is 61.2 Å². The monoisotopic (exact) mass is 1300 g/mol. The molecule has 3 aromatic heterocycles. The fraction of sp³-hybridized carbons (Fsp3) is 0.352. The number of H-pyrrole nitrogens is 1. The molecule has 0 spiro atoms. The molecule has 13 rings (SSSR count). The summed E-state index contributed by atoms with van der Waals surface area (Å²) in [6, 6.07) is 36.4. The Hall–Kier alpha value is -10.9. The smallest absolute Gasteiger partial charge is 0.303 e. The predicted octanol–water partition coefficient (Wildman–Crippen LogP) is 10.8. The number of pyridine rings is 2. The molecule has 4 amide bonds. The Morgan fingerprint density at radius 3 is 1.80 bits per heavy atom. The van der Waals surface area contributed by atoms with Gasteiger partial charge in [-0.15, -0.1) is 6.58 Å². The van der Waals surface area contributed by atoms with Crippen molar-refractivity contribution in [3.8, 4) is 69.0 Å². The van der Waals surface area contributed by atoms with Gasteiger partial charge in [0, 0.05) is 99.6 Å². The Morgan fingerprint density at radius 2 is 1.24 bits per heavy atom. The molecule has 4 aromatic carbocycles. The molecule has 6 heterocycles. The summed E-state index contributed by atoms with van der Waals surface area (Å²) in [5.41, 5.74) is 5.68. The van der Waals surface area contributed by atoms with E-state index in [9.17, 15) is 48.5 Å². The minimum absolute atomic E-state index is 0.00947. The quantitative estimate of drug-likeness (QED) is 0.0458. The van der Waals surface area contributed by atoms with Crippen LogP contribution in [0.25, 0.3) is 33.5 Å². The lowest BCUT2D eigenvalue weighted by Gasteiger charge is -2.37. The maximum atomic E-state index is 14.9. The number of nitrogens with one attached hydrogen (secondary N) is 4. The van der Waals surface area contributed by atoms with Gasteiger partial charge in [-0.2, -0.15) is 20.9 Å². The van der Waals surface area contributed by atoms with Crippen molar-refractivity contribution in [2.24, 2.45) is 17.8 Å². The average molecular weight is 1300 g/mol. The van der Waals surface area contributed by atoms with E-state index in [1.807, 2.05) is 72.8 Å². The zero-order chi connectivity index (χ0) is 67.3. The highest BCUT2D eigenvalue weighted by molar-refractivity contribution is 6.01. The lowest BCUT2D eigenvalue weighted by Crippen LogP contribution is -2.55. The van der Waals surface area contributed by atoms with Crippen LogP contribution >= 0.6 is 0 Å². The van der Waals surface area contributed by atoms with Crippen LogP contribution in [0.4, 0.5) is 26.0 Å². The molecule has 25 heteroatoms. The number of amides is 4. The first-order valence-electron chi connectivity index (χ1n) is 31.6. The molecule has 3 aliphatic carbocycles. The van der Waals surface area contributed by atoms with E-state index in [1.54, 1.807) is 42.7 Å². The predicted molar refractivity (Wildman–Crippen MR) is 345 cm³/mol. The second-order valence-corrected chi connectivity index (χ2v) is 24.0. The van der Waals surface area contributed by atoms with Crippen LogP contribution in [0.5, 0.6) is 17.2 Å². The average Bonchev–Trinajstić information content (AvgIpc) is 1.25. The number of halogens is 2. The van der Waals surface area contributed by atoms with Crippen molar-refractivity contribution in [1.29, 1.82) is 15.8 Å². The van der Waals surface area contributed by atoms with Gasteiger partial charge in [0.1, 0.15) is 59.8 Å². The van der Waals surface area contributed by atoms with E-state index in [4.69, 9.17) is 28.4 Å². The lowest BCUT2D eigenvalue weighted by atomic mass is 10.0. The molecule has 7 aromatic rings. The van der Waals surface area contributed by atoms with E-state index >= 15 is 0 Å². The molecule has 3 aliphatic heterocycles. The minimum Gasteiger partial charge on any atom is -0.489 e. The van der Waals surface area contributed by atoms with E-state index in [2.05, 4.69) is 59.8 Å². The second-order valence-electron chi connectivity index (χ2n) is 24.0. The molecule has 96 heavy (non-hydrogen) atoms. The molecule has 6 fully saturated rings. The number of esters is 1. The molecule has 492 valence electrons. The van der Waals surface area contributed by atoms with Crippen LogP contribution in [-0.2, 0) is 33.4 Å². The standard InChI is InChI=1S/C24H21F2N7O3.C24H24N2O5.C23H23N3O3/c25-24(26)12-33(23(35)21-29-13-30-32-21)8-6-20(24)36-19-4-3-15(9-16(19)11-27)18-10-17(5-7-28-18)31-22(34)14-1-2-14;1-16(27)31-24(9-10-24)23(28)26-20-4-2-3-17(14-20)18-5-6-22(19(13-18)15-25)30-21-7-11-29-12-8-21;1-2-15-12-20(15)23(27)26-22-13-17(5-8-25-22)16-3-4-21(18(11-16)14-24)29-19-6-9-28-10-7-19/h3-5,7,9-10,13-14,20H,1-2,6,8,12H2,(H,28,31,34)(H,29,30,32);2-6,13-14,21H,7-12H2,1H3,(H,26,28);2-5,8,11,13,15,19-20H,1,6-7,9-10,12H2,(H,25,26,27)/t20-;;15-,20-/m0.1/s1. The Bertz CT molecular complexity index is 4170. The molecule has 3 saturated heterocycles. The zero-order valence-corrected chi connectivity index (χ0v) is 52.4. The first-order chi connectivity index (χ1) is 46.5. The number of piperidine rings is 1. The van der Waals surface area contributed by atoms with E-state index in [0.29, 0.717) is 90.3 Å². The number of hydrogen-bond donors (Lipinski definition) is 4. The number of rotatable bonds is 18. The molecule has 23 nitrogen and oxygen atoms in total. The van der Waals surface area contributed by atoms with Crippen LogP contribution < -0.4 is 30.2 Å². The van der Waals surface area contributed by atoms with Crippen molar-refractivity contribution in [1.82, 2.24) is 30.0 Å². The van der Waals surface area contributed by atoms with Crippen LogP contribution in [0.15, 0.2) is 135 Å². The number of hydrogen-bond acceptors (Lipinski definition) is 18. The first-order valence-corrected chi connectivity index (χ1v) is 31.6. The molecule has 0 radical (unpaired) electrons. The number of alkyl halides is 2. The zero-order valence-electron chi connectivity index (χ0n) is 52.4. The third-order valence-electron chi connectivity index (χ3n) is 16.9. The number of ether oxygens (including phenoxy) is 6. The number of likely N-dealkylation sites (tertiary alicyclic amines) is 1.